The van der Waals surface area contributed by atoms with Crippen LogP contribution in [0.2, 0.25) is 0 Å². The first-order chi connectivity index (χ1) is 8.19. The number of carbonyl (C=O) groups is 1. The van der Waals surface area contributed by atoms with Crippen LogP contribution in [0.25, 0.3) is 5.57 Å². The number of likely N-dealkylation sites (N-methyl/N-ethyl adjacent to an activating group) is 2. The second kappa shape index (κ2) is 4.72. The Morgan fingerprint density at radius 1 is 1.47 bits per heavy atom. The molecule has 3 heteroatoms. The van der Waals surface area contributed by atoms with Gasteiger partial charge in [-0.2, -0.15) is 0 Å². The predicted molar refractivity (Wildman–Crippen MR) is 69.5 cm³/mol. The molecule has 1 aliphatic heterocycles. The lowest BCUT2D eigenvalue weighted by atomic mass is 9.97. The van der Waals surface area contributed by atoms with E-state index in [2.05, 4.69) is 11.9 Å². The van der Waals surface area contributed by atoms with Crippen LogP contribution < -0.4 is 5.32 Å². The molecule has 17 heavy (non-hydrogen) atoms. The van der Waals surface area contributed by atoms with E-state index in [0.717, 1.165) is 16.7 Å². The highest BCUT2D eigenvalue weighted by Gasteiger charge is 2.29. The van der Waals surface area contributed by atoms with Crippen LogP contribution in [0.5, 0.6) is 0 Å². The summed E-state index contributed by atoms with van der Waals surface area (Å²) in [6.07, 6.45) is 0. The van der Waals surface area contributed by atoms with Crippen LogP contribution in [0.15, 0.2) is 30.8 Å². The second-order valence-electron chi connectivity index (χ2n) is 4.26. The molecule has 1 atom stereocenters. The molecule has 0 radical (unpaired) electrons. The molecule has 1 amide bonds. The van der Waals surface area contributed by atoms with Gasteiger partial charge in [0.15, 0.2) is 0 Å². The Kier molecular flexibility index (Phi) is 3.29. The van der Waals surface area contributed by atoms with Crippen molar-refractivity contribution in [1.29, 1.82) is 0 Å². The lowest BCUT2D eigenvalue weighted by molar-refractivity contribution is -0.132. The predicted octanol–water partition coefficient (Wildman–Crippen LogP) is 1.82. The molecule has 0 aliphatic carbocycles. The first-order valence-electron chi connectivity index (χ1n) is 5.92. The molecule has 3 nitrogen and oxygen atoms in total. The Bertz CT molecular complexity index is 453. The number of nitrogens with zero attached hydrogens (tertiary/aromatic N) is 1. The SMILES string of the molecule is C=C1CN(CC)C(=O)C(NC)c2ccccc21. The Morgan fingerprint density at radius 2 is 2.18 bits per heavy atom. The van der Waals surface area contributed by atoms with Gasteiger partial charge < -0.3 is 10.2 Å². The van der Waals surface area contributed by atoms with Crippen LogP contribution in [-0.4, -0.2) is 30.9 Å². The van der Waals surface area contributed by atoms with Gasteiger partial charge in [-0.15, -0.1) is 0 Å². The maximum absolute atomic E-state index is 12.3. The third kappa shape index (κ3) is 1.98. The number of hydrogen-bond donors (Lipinski definition) is 1. The molecule has 0 spiro atoms. The zero-order chi connectivity index (χ0) is 12.4. The number of amides is 1. The highest BCUT2D eigenvalue weighted by molar-refractivity contribution is 5.89. The number of benzene rings is 1. The molecule has 1 aromatic carbocycles. The van der Waals surface area contributed by atoms with Gasteiger partial charge in [-0.1, -0.05) is 30.8 Å². The van der Waals surface area contributed by atoms with Crippen molar-refractivity contribution in [3.05, 3.63) is 42.0 Å². The van der Waals surface area contributed by atoms with Crippen molar-refractivity contribution in [3.63, 3.8) is 0 Å². The summed E-state index contributed by atoms with van der Waals surface area (Å²) in [5.41, 5.74) is 3.13. The van der Waals surface area contributed by atoms with Crippen molar-refractivity contribution in [2.75, 3.05) is 20.1 Å². The van der Waals surface area contributed by atoms with Crippen molar-refractivity contribution in [2.24, 2.45) is 0 Å². The van der Waals surface area contributed by atoms with Crippen molar-refractivity contribution in [2.45, 2.75) is 13.0 Å². The summed E-state index contributed by atoms with van der Waals surface area (Å²) in [4.78, 5) is 14.2. The van der Waals surface area contributed by atoms with E-state index in [1.807, 2.05) is 43.1 Å². The van der Waals surface area contributed by atoms with Crippen molar-refractivity contribution in [1.82, 2.24) is 10.2 Å². The summed E-state index contributed by atoms with van der Waals surface area (Å²) in [6, 6.07) is 7.73. The highest BCUT2D eigenvalue weighted by atomic mass is 16.2. The molecule has 1 aromatic rings. The van der Waals surface area contributed by atoms with E-state index < -0.39 is 0 Å². The molecule has 2 rings (SSSR count). The molecule has 0 fully saturated rings. The zero-order valence-electron chi connectivity index (χ0n) is 10.4. The number of carbonyl (C=O) groups excluding carboxylic acids is 1. The minimum Gasteiger partial charge on any atom is -0.337 e. The average molecular weight is 230 g/mol. The number of rotatable bonds is 2. The molecule has 1 aliphatic rings. The average Bonchev–Trinajstić information content (AvgIpc) is 2.46. The summed E-state index contributed by atoms with van der Waals surface area (Å²) in [5, 5.41) is 3.10. The normalized spacial score (nSPS) is 20.1. The van der Waals surface area contributed by atoms with E-state index >= 15 is 0 Å². The number of hydrogen-bond acceptors (Lipinski definition) is 2. The van der Waals surface area contributed by atoms with E-state index in [9.17, 15) is 4.79 Å². The zero-order valence-corrected chi connectivity index (χ0v) is 10.4. The van der Waals surface area contributed by atoms with Gasteiger partial charge in [0, 0.05) is 13.1 Å². The second-order valence-corrected chi connectivity index (χ2v) is 4.26. The van der Waals surface area contributed by atoms with Crippen molar-refractivity contribution >= 4 is 11.5 Å². The molecule has 0 saturated carbocycles. The van der Waals surface area contributed by atoms with Crippen molar-refractivity contribution in [3.8, 4) is 0 Å². The summed E-state index contributed by atoms with van der Waals surface area (Å²) in [5.74, 6) is 0.126. The molecule has 0 bridgehead atoms. The number of nitrogens with one attached hydrogen (secondary N) is 1. The van der Waals surface area contributed by atoms with Gasteiger partial charge in [0.1, 0.15) is 6.04 Å². The minimum absolute atomic E-state index is 0.126. The van der Waals surface area contributed by atoms with Gasteiger partial charge in [0.05, 0.1) is 0 Å². The van der Waals surface area contributed by atoms with Gasteiger partial charge in [-0.3, -0.25) is 4.79 Å². The molecular formula is C14H18N2O. The van der Waals surface area contributed by atoms with Crippen LogP contribution in [-0.2, 0) is 4.79 Å². The number of fused-ring (bicyclic) bond motifs is 1. The quantitative estimate of drug-likeness (QED) is 0.840. The standard InChI is InChI=1S/C14H18N2O/c1-4-16-9-10(2)11-7-5-6-8-12(11)13(15-3)14(16)17/h5-8,13,15H,2,4,9H2,1,3H3. The van der Waals surface area contributed by atoms with Gasteiger partial charge in [0.2, 0.25) is 5.91 Å². The third-order valence-electron chi connectivity index (χ3n) is 3.26. The van der Waals surface area contributed by atoms with E-state index in [-0.39, 0.29) is 11.9 Å². The first-order valence-corrected chi connectivity index (χ1v) is 5.92. The van der Waals surface area contributed by atoms with Gasteiger partial charge >= 0.3 is 0 Å². The molecule has 1 N–H and O–H groups in total. The highest BCUT2D eigenvalue weighted by Crippen LogP contribution is 2.29. The van der Waals surface area contributed by atoms with Gasteiger partial charge in [-0.05, 0) is 30.7 Å². The lowest BCUT2D eigenvalue weighted by Gasteiger charge is -2.22. The maximum atomic E-state index is 12.3. The van der Waals surface area contributed by atoms with E-state index in [1.165, 1.54) is 0 Å². The Hall–Kier alpha value is -1.61. The van der Waals surface area contributed by atoms with Crippen molar-refractivity contribution < 1.29 is 4.79 Å². The molecule has 90 valence electrons. The molecule has 1 unspecified atom stereocenters. The largest absolute Gasteiger partial charge is 0.337 e. The minimum atomic E-state index is -0.259. The first kappa shape index (κ1) is 11.9. The van der Waals surface area contributed by atoms with Gasteiger partial charge in [-0.25, -0.2) is 0 Å². The molecule has 1 heterocycles. The summed E-state index contributed by atoms with van der Waals surface area (Å²) < 4.78 is 0. The summed E-state index contributed by atoms with van der Waals surface area (Å²) in [7, 11) is 1.82. The van der Waals surface area contributed by atoms with E-state index in [0.29, 0.717) is 13.1 Å². The maximum Gasteiger partial charge on any atom is 0.244 e. The Balaban J connectivity index is 2.53. The Morgan fingerprint density at radius 3 is 2.82 bits per heavy atom. The van der Waals surface area contributed by atoms with E-state index in [1.54, 1.807) is 0 Å². The smallest absolute Gasteiger partial charge is 0.244 e. The lowest BCUT2D eigenvalue weighted by Crippen LogP contribution is -2.38. The fourth-order valence-corrected chi connectivity index (χ4v) is 2.33. The topological polar surface area (TPSA) is 32.3 Å². The van der Waals surface area contributed by atoms with E-state index in [4.69, 9.17) is 0 Å². The van der Waals surface area contributed by atoms with Crippen LogP contribution in [0, 0.1) is 0 Å². The van der Waals surface area contributed by atoms with Crippen LogP contribution in [0.4, 0.5) is 0 Å². The Labute approximate surface area is 102 Å². The summed E-state index contributed by atoms with van der Waals surface area (Å²) >= 11 is 0. The molecular weight excluding hydrogens is 212 g/mol. The summed E-state index contributed by atoms with van der Waals surface area (Å²) in [6.45, 7) is 7.42. The fraction of sp³-hybridized carbons (Fsp3) is 0.357. The fourth-order valence-electron chi connectivity index (χ4n) is 2.33. The van der Waals surface area contributed by atoms with Crippen LogP contribution in [0.3, 0.4) is 0 Å². The molecule has 0 aromatic heterocycles. The molecule has 0 saturated heterocycles. The van der Waals surface area contributed by atoms with Crippen LogP contribution in [0.1, 0.15) is 24.1 Å². The van der Waals surface area contributed by atoms with Crippen LogP contribution >= 0.6 is 0 Å². The third-order valence-corrected chi connectivity index (χ3v) is 3.26. The van der Waals surface area contributed by atoms with Gasteiger partial charge in [0.25, 0.3) is 0 Å². The monoisotopic (exact) mass is 230 g/mol.